The van der Waals surface area contributed by atoms with Crippen LogP contribution in [0.1, 0.15) is 85.8 Å². The van der Waals surface area contributed by atoms with Crippen molar-refractivity contribution in [3.05, 3.63) is 234 Å². The fourth-order valence-electron chi connectivity index (χ4n) is 13.7. The standard InChI is InChI=1S/2C29H29N3O2.C29H28N2O3/c1-32(2)19-20-5-3-6-22(15-20)28-17-26-25(7-4-8-27(26)31-28)21-9-10-29(23(16-21)18-30)34-24-11-13-33-14-12-24;1-32(2)19-20-6-8-21(9-7-20)28-17-26-25(4-3-5-27(26)31-28)22-10-11-29(23(16-22)18-30)34-24-12-14-33-15-13-24;1-29(2,32)22-9-6-19(7-10-22)27-17-25-24(4-3-5-26(25)31-27)20-8-11-28(21(16-20)18-30)34-23-12-14-33-15-13-23/h3-10,15-17,24,31H,11-14,19H2,1-2H3;3-11,16-17,24,31H,12-15,19H2,1-2H3;3-11,16-17,23,31-32H,12-15H2,1-2H3. The first-order valence-electron chi connectivity index (χ1n) is 35.2. The van der Waals surface area contributed by atoms with Crippen LogP contribution >= 0.6 is 0 Å². The van der Waals surface area contributed by atoms with Gasteiger partial charge >= 0.3 is 0 Å². The topological polar surface area (TPSA) is 201 Å². The van der Waals surface area contributed by atoms with Gasteiger partial charge in [-0.05, 0) is 188 Å². The van der Waals surface area contributed by atoms with E-state index in [1.807, 2.05) is 78.9 Å². The van der Waals surface area contributed by atoms with E-state index in [0.717, 1.165) is 151 Å². The highest BCUT2D eigenvalue weighted by molar-refractivity contribution is 6.01. The van der Waals surface area contributed by atoms with E-state index in [0.29, 0.717) is 73.6 Å². The second kappa shape index (κ2) is 31.8. The minimum atomic E-state index is -0.870. The highest BCUT2D eigenvalue weighted by Crippen LogP contribution is 2.40. The van der Waals surface area contributed by atoms with E-state index < -0.39 is 5.60 Å². The van der Waals surface area contributed by atoms with Crippen LogP contribution < -0.4 is 14.2 Å². The summed E-state index contributed by atoms with van der Waals surface area (Å²) in [5.74, 6) is 1.93. The number of fused-ring (bicyclic) bond motifs is 3. The summed E-state index contributed by atoms with van der Waals surface area (Å²) in [6, 6.07) is 75.1. The van der Waals surface area contributed by atoms with Crippen LogP contribution in [0.2, 0.25) is 0 Å². The maximum absolute atomic E-state index is 10.2. The van der Waals surface area contributed by atoms with Crippen molar-refractivity contribution in [1.29, 1.82) is 15.8 Å². The number of ether oxygens (including phenoxy) is 6. The lowest BCUT2D eigenvalue weighted by atomic mass is 9.96. The molecule has 0 saturated carbocycles. The fraction of sp³-hybridized carbons (Fsp3) is 0.276. The second-order valence-corrected chi connectivity index (χ2v) is 27.6. The molecule has 15 heteroatoms. The zero-order chi connectivity index (χ0) is 70.7. The maximum Gasteiger partial charge on any atom is 0.137 e. The molecule has 4 N–H and O–H groups in total. The number of hydrogen-bond donors (Lipinski definition) is 4. The second-order valence-electron chi connectivity index (χ2n) is 27.6. The number of aromatic amines is 3. The van der Waals surface area contributed by atoms with Gasteiger partial charge in [-0.2, -0.15) is 15.8 Å². The van der Waals surface area contributed by atoms with E-state index in [2.05, 4.69) is 192 Å². The molecule has 15 nitrogen and oxygen atoms in total. The Bertz CT molecular complexity index is 5020. The van der Waals surface area contributed by atoms with Crippen LogP contribution in [-0.2, 0) is 32.9 Å². The predicted octanol–water partition coefficient (Wildman–Crippen LogP) is 18.1. The zero-order valence-corrected chi connectivity index (χ0v) is 58.8. The Morgan fingerprint density at radius 3 is 1.08 bits per heavy atom. The van der Waals surface area contributed by atoms with Gasteiger partial charge in [0.2, 0.25) is 0 Å². The van der Waals surface area contributed by atoms with Crippen molar-refractivity contribution in [3.63, 3.8) is 0 Å². The van der Waals surface area contributed by atoms with Gasteiger partial charge in [-0.1, -0.05) is 121 Å². The molecule has 0 aliphatic carbocycles. The number of H-pyrrole nitrogens is 3. The van der Waals surface area contributed by atoms with Crippen LogP contribution in [0.3, 0.4) is 0 Å². The molecule has 0 bridgehead atoms. The molecule has 516 valence electrons. The van der Waals surface area contributed by atoms with Gasteiger partial charge < -0.3 is 58.3 Å². The number of nitriles is 3. The number of aromatic nitrogens is 3. The van der Waals surface area contributed by atoms with E-state index in [1.54, 1.807) is 13.8 Å². The third-order valence-electron chi connectivity index (χ3n) is 19.0. The Morgan fingerprint density at radius 1 is 0.392 bits per heavy atom. The summed E-state index contributed by atoms with van der Waals surface area (Å²) >= 11 is 0. The Morgan fingerprint density at radius 2 is 0.725 bits per heavy atom. The van der Waals surface area contributed by atoms with Crippen molar-refractivity contribution < 1.29 is 33.5 Å². The quantitative estimate of drug-likeness (QED) is 0.0673. The number of hydrogen-bond acceptors (Lipinski definition) is 12. The first kappa shape index (κ1) is 69.7. The third kappa shape index (κ3) is 16.7. The van der Waals surface area contributed by atoms with Gasteiger partial charge in [-0.3, -0.25) is 0 Å². The molecule has 6 heterocycles. The molecule has 3 aliphatic rings. The lowest BCUT2D eigenvalue weighted by Gasteiger charge is -2.24. The number of rotatable bonds is 17. The van der Waals surface area contributed by atoms with Crippen molar-refractivity contribution in [1.82, 2.24) is 24.8 Å². The fourth-order valence-corrected chi connectivity index (χ4v) is 13.7. The molecule has 0 spiro atoms. The molecule has 0 atom stereocenters. The van der Waals surface area contributed by atoms with Gasteiger partial charge in [0.05, 0.1) is 61.9 Å². The van der Waals surface area contributed by atoms with Crippen molar-refractivity contribution in [3.8, 4) is 103 Å². The van der Waals surface area contributed by atoms with E-state index in [9.17, 15) is 20.9 Å². The van der Waals surface area contributed by atoms with E-state index >= 15 is 0 Å². The first-order chi connectivity index (χ1) is 49.6. The van der Waals surface area contributed by atoms with Gasteiger partial charge in [0.25, 0.3) is 0 Å². The summed E-state index contributed by atoms with van der Waals surface area (Å²) in [6.07, 6.45) is 5.40. The molecule has 3 saturated heterocycles. The molecule has 3 fully saturated rings. The monoisotopic (exact) mass is 1350 g/mol. The van der Waals surface area contributed by atoms with Crippen LogP contribution in [0, 0.1) is 34.0 Å². The van der Waals surface area contributed by atoms with Gasteiger partial charge in [-0.25, -0.2) is 0 Å². The average molecular weight is 1360 g/mol. The molecule has 0 radical (unpaired) electrons. The maximum atomic E-state index is 10.2. The summed E-state index contributed by atoms with van der Waals surface area (Å²) in [6.45, 7) is 9.62. The number of aliphatic hydroxyl groups is 1. The molecule has 102 heavy (non-hydrogen) atoms. The minimum Gasteiger partial charge on any atom is -0.489 e. The first-order valence-corrected chi connectivity index (χ1v) is 35.2. The number of benzene rings is 9. The normalized spacial score (nSPS) is 14.5. The van der Waals surface area contributed by atoms with E-state index in [4.69, 9.17) is 28.4 Å². The van der Waals surface area contributed by atoms with Crippen molar-refractivity contribution in [2.45, 2.75) is 89.4 Å². The Balaban J connectivity index is 0.000000137. The van der Waals surface area contributed by atoms with Gasteiger partial charge in [-0.15, -0.1) is 0 Å². The molecule has 3 aliphatic heterocycles. The molecule has 3 aromatic heterocycles. The van der Waals surface area contributed by atoms with Crippen LogP contribution in [0.4, 0.5) is 0 Å². The van der Waals surface area contributed by atoms with E-state index in [-0.39, 0.29) is 18.3 Å². The Labute approximate surface area is 597 Å². The molecule has 9 aromatic carbocycles. The van der Waals surface area contributed by atoms with Crippen molar-refractivity contribution in [2.75, 3.05) is 67.8 Å². The number of nitrogens with one attached hydrogen (secondary N) is 3. The Hall–Kier alpha value is -10.8. The lowest BCUT2D eigenvalue weighted by molar-refractivity contribution is 0.0252. The van der Waals surface area contributed by atoms with Crippen molar-refractivity contribution >= 4 is 32.7 Å². The molecule has 15 rings (SSSR count). The highest BCUT2D eigenvalue weighted by atomic mass is 16.5. The average Bonchev–Trinajstić information content (AvgIpc) is 1.57. The smallest absolute Gasteiger partial charge is 0.137 e. The van der Waals surface area contributed by atoms with Gasteiger partial charge in [0.1, 0.15) is 53.8 Å². The van der Waals surface area contributed by atoms with Gasteiger partial charge in [0, 0.05) is 101 Å². The molecular weight excluding hydrogens is 1270 g/mol. The summed E-state index contributed by atoms with van der Waals surface area (Å²) < 4.78 is 34.7. The minimum absolute atomic E-state index is 0.0881. The van der Waals surface area contributed by atoms with Crippen LogP contribution in [-0.4, -0.2) is 116 Å². The molecular formula is C87H86N8O7. The summed E-state index contributed by atoms with van der Waals surface area (Å²) in [5, 5.41) is 43.0. The largest absolute Gasteiger partial charge is 0.489 e. The summed E-state index contributed by atoms with van der Waals surface area (Å²) in [4.78, 5) is 15.0. The van der Waals surface area contributed by atoms with Crippen LogP contribution in [0.15, 0.2) is 200 Å². The summed E-state index contributed by atoms with van der Waals surface area (Å²) in [7, 11) is 8.32. The highest BCUT2D eigenvalue weighted by Gasteiger charge is 2.23. The number of nitrogens with zero attached hydrogens (tertiary/aromatic N) is 5. The predicted molar refractivity (Wildman–Crippen MR) is 405 cm³/mol. The van der Waals surface area contributed by atoms with Gasteiger partial charge in [0.15, 0.2) is 0 Å². The Kier molecular flexibility index (Phi) is 21.8. The third-order valence-corrected chi connectivity index (χ3v) is 19.0. The SMILES string of the molecule is CC(C)(O)c1ccc(-c2cc3c(-c4ccc(OC5CCOCC5)c(C#N)c4)cccc3[nH]2)cc1.CN(C)Cc1ccc(-c2cc3c(-c4ccc(OC5CCOCC5)c(C#N)c4)cccc3[nH]2)cc1.CN(C)Cc1cccc(-c2cc3c(-c4ccc(OC5CCOCC5)c(C#N)c4)cccc3[nH]2)c1. The van der Waals surface area contributed by atoms with Crippen LogP contribution in [0.5, 0.6) is 17.2 Å². The molecule has 12 aromatic rings. The van der Waals surface area contributed by atoms with Crippen LogP contribution in [0.25, 0.3) is 99.9 Å². The van der Waals surface area contributed by atoms with E-state index in [1.165, 1.54) is 16.7 Å². The van der Waals surface area contributed by atoms with Crippen molar-refractivity contribution in [2.24, 2.45) is 0 Å². The molecule has 0 amide bonds. The summed E-state index contributed by atoms with van der Waals surface area (Å²) in [5.41, 5.74) is 20.2. The zero-order valence-electron chi connectivity index (χ0n) is 58.8. The molecule has 0 unspecified atom stereocenters. The lowest BCUT2D eigenvalue weighted by Crippen LogP contribution is -2.26.